The summed E-state index contributed by atoms with van der Waals surface area (Å²) in [4.78, 5) is 2.28. The van der Waals surface area contributed by atoms with Crippen molar-refractivity contribution in [2.75, 3.05) is 25.4 Å². The van der Waals surface area contributed by atoms with Gasteiger partial charge >= 0.3 is 0 Å². The Bertz CT molecular complexity index is 684. The van der Waals surface area contributed by atoms with Gasteiger partial charge in [0, 0.05) is 37.5 Å². The summed E-state index contributed by atoms with van der Waals surface area (Å²) in [6, 6.07) is 10.1. The lowest BCUT2D eigenvalue weighted by Gasteiger charge is -2.36. The van der Waals surface area contributed by atoms with Crippen LogP contribution < -0.4 is 0 Å². The second kappa shape index (κ2) is 8.99. The predicted molar refractivity (Wildman–Crippen MR) is 104 cm³/mol. The molecule has 1 fully saturated rings. The third-order valence-corrected chi connectivity index (χ3v) is 5.55. The molecule has 0 bridgehead atoms. The fourth-order valence-electron chi connectivity index (χ4n) is 3.44. The molecule has 0 unspecified atom stereocenters. The van der Waals surface area contributed by atoms with Crippen molar-refractivity contribution in [3.05, 3.63) is 30.3 Å². The summed E-state index contributed by atoms with van der Waals surface area (Å²) in [5.74, 6) is 1.48. The molecule has 3 rings (SSSR count). The van der Waals surface area contributed by atoms with Crippen molar-refractivity contribution in [2.45, 2.75) is 50.8 Å². The first kappa shape index (κ1) is 19.4. The van der Waals surface area contributed by atoms with E-state index in [9.17, 15) is 5.11 Å². The quantitative estimate of drug-likeness (QED) is 0.749. The molecule has 0 radical (unpaired) electrons. The molecule has 6 nitrogen and oxygen atoms in total. The van der Waals surface area contributed by atoms with E-state index in [-0.39, 0.29) is 12.2 Å². The standard InChI is InChI=1S/C19H28N4O2S/c1-4-23-18(16-8-6-5-7-9-16)20-21-19(23)26-13-17(24)12-22-10-14(2)25-15(3)11-22/h5-9,14-15,17,24H,4,10-13H2,1-3H3/t14-,15-,17+/m0/s1. The molecule has 7 heteroatoms. The number of morpholine rings is 1. The minimum atomic E-state index is -0.403. The average Bonchev–Trinajstić information content (AvgIpc) is 3.02. The van der Waals surface area contributed by atoms with Crippen molar-refractivity contribution in [3.8, 4) is 11.4 Å². The molecule has 2 aromatic rings. The van der Waals surface area contributed by atoms with Gasteiger partial charge < -0.3 is 14.4 Å². The molecule has 1 N–H and O–H groups in total. The second-order valence-corrected chi connectivity index (χ2v) is 7.84. The minimum absolute atomic E-state index is 0.218. The highest BCUT2D eigenvalue weighted by Gasteiger charge is 2.24. The molecule has 0 saturated carbocycles. The third kappa shape index (κ3) is 4.85. The van der Waals surface area contributed by atoms with Gasteiger partial charge in [-0.1, -0.05) is 42.1 Å². The van der Waals surface area contributed by atoms with Gasteiger partial charge in [0.25, 0.3) is 0 Å². The van der Waals surface area contributed by atoms with Crippen LogP contribution in [0, 0.1) is 0 Å². The first-order valence-corrected chi connectivity index (χ1v) is 10.2. The molecular weight excluding hydrogens is 348 g/mol. The number of rotatable bonds is 7. The minimum Gasteiger partial charge on any atom is -0.391 e. The molecule has 0 aliphatic carbocycles. The lowest BCUT2D eigenvalue weighted by atomic mass is 10.2. The van der Waals surface area contributed by atoms with Crippen LogP contribution in [0.25, 0.3) is 11.4 Å². The van der Waals surface area contributed by atoms with E-state index < -0.39 is 6.10 Å². The maximum absolute atomic E-state index is 10.5. The van der Waals surface area contributed by atoms with Crippen molar-refractivity contribution in [2.24, 2.45) is 0 Å². The Labute approximate surface area is 159 Å². The van der Waals surface area contributed by atoms with Crippen LogP contribution in [0.4, 0.5) is 0 Å². The van der Waals surface area contributed by atoms with E-state index in [0.717, 1.165) is 36.2 Å². The van der Waals surface area contributed by atoms with Gasteiger partial charge in [0.15, 0.2) is 11.0 Å². The number of aliphatic hydroxyl groups excluding tert-OH is 1. The third-order valence-electron chi connectivity index (χ3n) is 4.43. The first-order chi connectivity index (χ1) is 12.6. The van der Waals surface area contributed by atoms with Gasteiger partial charge in [-0.3, -0.25) is 4.90 Å². The monoisotopic (exact) mass is 376 g/mol. The first-order valence-electron chi connectivity index (χ1n) is 9.24. The van der Waals surface area contributed by atoms with Crippen molar-refractivity contribution in [3.63, 3.8) is 0 Å². The highest BCUT2D eigenvalue weighted by atomic mass is 32.2. The molecule has 142 valence electrons. The van der Waals surface area contributed by atoms with Crippen LogP contribution in [-0.4, -0.2) is 68.5 Å². The lowest BCUT2D eigenvalue weighted by molar-refractivity contribution is -0.0750. The Morgan fingerprint density at radius 3 is 2.54 bits per heavy atom. The van der Waals surface area contributed by atoms with Gasteiger partial charge in [0.1, 0.15) is 0 Å². The van der Waals surface area contributed by atoms with Gasteiger partial charge in [-0.05, 0) is 20.8 Å². The summed E-state index contributed by atoms with van der Waals surface area (Å²) >= 11 is 1.57. The Kier molecular flexibility index (Phi) is 6.69. The molecule has 1 saturated heterocycles. The molecule has 0 spiro atoms. The summed E-state index contributed by atoms with van der Waals surface area (Å²) < 4.78 is 7.85. The molecule has 1 aliphatic heterocycles. The molecular formula is C19H28N4O2S. The SMILES string of the molecule is CCn1c(SC[C@H](O)CN2C[C@H](C)O[C@@H](C)C2)nnc1-c1ccccc1. The number of aromatic nitrogens is 3. The van der Waals surface area contributed by atoms with Gasteiger partial charge in [-0.2, -0.15) is 0 Å². The highest BCUT2D eigenvalue weighted by molar-refractivity contribution is 7.99. The number of β-amino-alcohol motifs (C(OH)–C–C–N with tert-alkyl or cyclic N) is 1. The summed E-state index contributed by atoms with van der Waals surface area (Å²) in [7, 11) is 0. The zero-order valence-electron chi connectivity index (χ0n) is 15.7. The molecule has 3 atom stereocenters. The van der Waals surface area contributed by atoms with Crippen LogP contribution in [0.5, 0.6) is 0 Å². The topological polar surface area (TPSA) is 63.4 Å². The van der Waals surface area contributed by atoms with Crippen LogP contribution in [0.3, 0.4) is 0 Å². The molecule has 2 heterocycles. The number of nitrogens with zero attached hydrogens (tertiary/aromatic N) is 4. The summed E-state index contributed by atoms with van der Waals surface area (Å²) in [5.41, 5.74) is 1.06. The maximum atomic E-state index is 10.5. The molecule has 1 aliphatic rings. The normalized spacial score (nSPS) is 22.5. The van der Waals surface area contributed by atoms with Crippen LogP contribution in [0.15, 0.2) is 35.5 Å². The van der Waals surface area contributed by atoms with Gasteiger partial charge in [0.2, 0.25) is 0 Å². The van der Waals surface area contributed by atoms with E-state index in [1.54, 1.807) is 11.8 Å². The van der Waals surface area contributed by atoms with Gasteiger partial charge in [0.05, 0.1) is 18.3 Å². The van der Waals surface area contributed by atoms with Crippen LogP contribution in [0.2, 0.25) is 0 Å². The highest BCUT2D eigenvalue weighted by Crippen LogP contribution is 2.24. The lowest BCUT2D eigenvalue weighted by Crippen LogP contribution is -2.48. The maximum Gasteiger partial charge on any atom is 0.191 e. The number of ether oxygens (including phenoxy) is 1. The van der Waals surface area contributed by atoms with Crippen molar-refractivity contribution < 1.29 is 9.84 Å². The Morgan fingerprint density at radius 2 is 1.88 bits per heavy atom. The van der Waals surface area contributed by atoms with Gasteiger partial charge in [-0.25, -0.2) is 0 Å². The van der Waals surface area contributed by atoms with E-state index in [4.69, 9.17) is 4.74 Å². The molecule has 1 aromatic carbocycles. The summed E-state index contributed by atoms with van der Waals surface area (Å²) in [6.07, 6.45) is 0.0325. The number of hydrogen-bond donors (Lipinski definition) is 1. The number of hydrogen-bond acceptors (Lipinski definition) is 6. The van der Waals surface area contributed by atoms with E-state index >= 15 is 0 Å². The second-order valence-electron chi connectivity index (χ2n) is 6.86. The van der Waals surface area contributed by atoms with Crippen molar-refractivity contribution >= 4 is 11.8 Å². The molecule has 26 heavy (non-hydrogen) atoms. The van der Waals surface area contributed by atoms with E-state index in [2.05, 4.69) is 40.4 Å². The molecule has 1 aromatic heterocycles. The van der Waals surface area contributed by atoms with Crippen LogP contribution in [0.1, 0.15) is 20.8 Å². The van der Waals surface area contributed by atoms with Gasteiger partial charge in [-0.15, -0.1) is 10.2 Å². The largest absolute Gasteiger partial charge is 0.391 e. The van der Waals surface area contributed by atoms with E-state index in [1.807, 2.05) is 30.3 Å². The van der Waals surface area contributed by atoms with E-state index in [1.165, 1.54) is 0 Å². The smallest absolute Gasteiger partial charge is 0.191 e. The summed E-state index contributed by atoms with van der Waals surface area (Å²) in [5, 5.41) is 20.0. The zero-order chi connectivity index (χ0) is 18.5. The fraction of sp³-hybridized carbons (Fsp3) is 0.579. The van der Waals surface area contributed by atoms with Crippen molar-refractivity contribution in [1.82, 2.24) is 19.7 Å². The number of benzene rings is 1. The molecule has 0 amide bonds. The van der Waals surface area contributed by atoms with Crippen LogP contribution in [-0.2, 0) is 11.3 Å². The fourth-order valence-corrected chi connectivity index (χ4v) is 4.35. The zero-order valence-corrected chi connectivity index (χ0v) is 16.5. The Balaban J connectivity index is 1.58. The number of thioether (sulfide) groups is 1. The Morgan fingerprint density at radius 1 is 1.19 bits per heavy atom. The van der Waals surface area contributed by atoms with Crippen molar-refractivity contribution in [1.29, 1.82) is 0 Å². The average molecular weight is 377 g/mol. The van der Waals surface area contributed by atoms with Crippen LogP contribution >= 0.6 is 11.8 Å². The van der Waals surface area contributed by atoms with E-state index in [0.29, 0.717) is 12.3 Å². The number of aliphatic hydroxyl groups is 1. The Hall–Kier alpha value is -1.41. The summed E-state index contributed by atoms with van der Waals surface area (Å²) in [6.45, 7) is 9.46. The predicted octanol–water partition coefficient (Wildman–Crippen LogP) is 2.53.